The van der Waals surface area contributed by atoms with Gasteiger partial charge in [-0.15, -0.1) is 0 Å². The molecule has 2 nitrogen and oxygen atoms in total. The van der Waals surface area contributed by atoms with Crippen molar-refractivity contribution in [3.63, 3.8) is 0 Å². The molecular formula is C10H16O2. The summed E-state index contributed by atoms with van der Waals surface area (Å²) >= 11 is 0. The Morgan fingerprint density at radius 2 is 1.92 bits per heavy atom. The average Bonchev–Trinajstić information content (AvgIpc) is 2.74. The van der Waals surface area contributed by atoms with Gasteiger partial charge in [0.05, 0.1) is 0 Å². The highest BCUT2D eigenvalue weighted by Gasteiger charge is 2.28. The number of ether oxygens (including phenoxy) is 1. The molecule has 0 atom stereocenters. The summed E-state index contributed by atoms with van der Waals surface area (Å²) in [6.07, 6.45) is 9.26. The molecule has 12 heavy (non-hydrogen) atoms. The summed E-state index contributed by atoms with van der Waals surface area (Å²) in [4.78, 5) is 10.4. The normalized spacial score (nSPS) is 18.1. The molecule has 0 aromatic heterocycles. The van der Waals surface area contributed by atoms with E-state index in [2.05, 4.69) is 11.7 Å². The van der Waals surface area contributed by atoms with Crippen molar-refractivity contribution in [3.8, 4) is 0 Å². The summed E-state index contributed by atoms with van der Waals surface area (Å²) in [5, 5.41) is 0. The number of epoxide rings is 1. The first-order valence-electron chi connectivity index (χ1n) is 4.77. The highest BCUT2D eigenvalue weighted by Crippen LogP contribution is 2.18. The minimum Gasteiger partial charge on any atom is -0.413 e. The van der Waals surface area contributed by atoms with Crippen molar-refractivity contribution in [2.75, 3.05) is 0 Å². The van der Waals surface area contributed by atoms with E-state index in [-0.39, 0.29) is 5.97 Å². The summed E-state index contributed by atoms with van der Waals surface area (Å²) in [5.74, 6) is 0.439. The molecule has 1 aliphatic rings. The molecule has 68 valence electrons. The lowest BCUT2D eigenvalue weighted by Crippen LogP contribution is -1.75. The first kappa shape index (κ1) is 9.30. The van der Waals surface area contributed by atoms with E-state index >= 15 is 0 Å². The molecule has 0 amide bonds. The van der Waals surface area contributed by atoms with Gasteiger partial charge in [0.1, 0.15) is 0 Å². The van der Waals surface area contributed by atoms with Crippen molar-refractivity contribution in [3.05, 3.63) is 11.8 Å². The molecule has 1 rings (SSSR count). The summed E-state index contributed by atoms with van der Waals surface area (Å²) < 4.78 is 4.57. The molecule has 1 aliphatic heterocycles. The number of carbonyl (C=O) groups excluding carboxylic acids is 1. The van der Waals surface area contributed by atoms with Crippen molar-refractivity contribution in [1.82, 2.24) is 0 Å². The minimum absolute atomic E-state index is 0.136. The quantitative estimate of drug-likeness (QED) is 0.347. The molecule has 0 spiro atoms. The average molecular weight is 168 g/mol. The van der Waals surface area contributed by atoms with E-state index in [9.17, 15) is 4.79 Å². The van der Waals surface area contributed by atoms with Crippen molar-refractivity contribution in [2.24, 2.45) is 0 Å². The van der Waals surface area contributed by atoms with E-state index in [0.29, 0.717) is 5.76 Å². The highest BCUT2D eigenvalue weighted by atomic mass is 16.6. The Labute approximate surface area is 73.6 Å². The van der Waals surface area contributed by atoms with E-state index in [4.69, 9.17) is 0 Å². The van der Waals surface area contributed by atoms with Crippen LogP contribution < -0.4 is 0 Å². The predicted octanol–water partition coefficient (Wildman–Crippen LogP) is 2.79. The Bertz CT molecular complexity index is 182. The number of hydrogen-bond acceptors (Lipinski definition) is 2. The monoisotopic (exact) mass is 168 g/mol. The number of hydrogen-bond donors (Lipinski definition) is 0. The Morgan fingerprint density at radius 3 is 2.50 bits per heavy atom. The van der Waals surface area contributed by atoms with Gasteiger partial charge < -0.3 is 4.74 Å². The summed E-state index contributed by atoms with van der Waals surface area (Å²) in [6, 6.07) is 0. The SMILES string of the molecule is CCCCCCCC=C1OC1=O. The third kappa shape index (κ3) is 3.56. The Balaban J connectivity index is 1.87. The van der Waals surface area contributed by atoms with Crippen molar-refractivity contribution in [2.45, 2.75) is 45.4 Å². The maximum absolute atomic E-state index is 10.4. The van der Waals surface area contributed by atoms with Gasteiger partial charge in [-0.05, 0) is 18.9 Å². The molecule has 1 heterocycles. The van der Waals surface area contributed by atoms with Crippen molar-refractivity contribution >= 4 is 5.97 Å². The van der Waals surface area contributed by atoms with E-state index in [1.54, 1.807) is 0 Å². The number of carbonyl (C=O) groups is 1. The van der Waals surface area contributed by atoms with E-state index in [0.717, 1.165) is 6.42 Å². The summed E-state index contributed by atoms with van der Waals surface area (Å²) in [5.41, 5.74) is 0. The smallest absolute Gasteiger partial charge is 0.379 e. The first-order valence-corrected chi connectivity index (χ1v) is 4.77. The molecule has 0 N–H and O–H groups in total. The zero-order valence-electron chi connectivity index (χ0n) is 7.64. The van der Waals surface area contributed by atoms with Gasteiger partial charge >= 0.3 is 5.97 Å². The molecule has 2 heteroatoms. The van der Waals surface area contributed by atoms with Crippen molar-refractivity contribution in [1.29, 1.82) is 0 Å². The molecule has 0 aromatic rings. The maximum atomic E-state index is 10.4. The van der Waals surface area contributed by atoms with E-state index < -0.39 is 0 Å². The van der Waals surface area contributed by atoms with Crippen LogP contribution in [0.2, 0.25) is 0 Å². The van der Waals surface area contributed by atoms with Gasteiger partial charge in [-0.25, -0.2) is 4.79 Å². The third-order valence-corrected chi connectivity index (χ3v) is 2.00. The molecule has 1 saturated heterocycles. The fourth-order valence-corrected chi connectivity index (χ4v) is 1.18. The Morgan fingerprint density at radius 1 is 1.25 bits per heavy atom. The van der Waals surface area contributed by atoms with Crippen LogP contribution in [-0.4, -0.2) is 5.97 Å². The van der Waals surface area contributed by atoms with Crippen LogP contribution in [0.1, 0.15) is 45.4 Å². The van der Waals surface area contributed by atoms with Gasteiger partial charge in [-0.2, -0.15) is 0 Å². The van der Waals surface area contributed by atoms with Crippen LogP contribution in [0, 0.1) is 0 Å². The van der Waals surface area contributed by atoms with Gasteiger partial charge in [0, 0.05) is 0 Å². The Kier molecular flexibility index (Phi) is 3.85. The van der Waals surface area contributed by atoms with Crippen LogP contribution in [0.15, 0.2) is 11.8 Å². The predicted molar refractivity (Wildman–Crippen MR) is 47.6 cm³/mol. The fourth-order valence-electron chi connectivity index (χ4n) is 1.18. The first-order chi connectivity index (χ1) is 5.84. The number of cyclic esters (lactones) is 1. The second-order valence-electron chi connectivity index (χ2n) is 3.16. The number of rotatable bonds is 6. The van der Waals surface area contributed by atoms with E-state index in [1.807, 2.05) is 6.08 Å². The van der Waals surface area contributed by atoms with Crippen LogP contribution in [-0.2, 0) is 9.53 Å². The van der Waals surface area contributed by atoms with Crippen LogP contribution >= 0.6 is 0 Å². The molecule has 0 unspecified atom stereocenters. The van der Waals surface area contributed by atoms with Gasteiger partial charge in [-0.3, -0.25) is 0 Å². The lowest BCUT2D eigenvalue weighted by atomic mass is 10.1. The van der Waals surface area contributed by atoms with E-state index in [1.165, 1.54) is 32.1 Å². The van der Waals surface area contributed by atoms with Gasteiger partial charge in [-0.1, -0.05) is 32.6 Å². The topological polar surface area (TPSA) is 29.6 Å². The van der Waals surface area contributed by atoms with Gasteiger partial charge in [0.25, 0.3) is 0 Å². The summed E-state index contributed by atoms with van der Waals surface area (Å²) in [6.45, 7) is 2.21. The lowest BCUT2D eigenvalue weighted by molar-refractivity contribution is -0.117. The standard InChI is InChI=1S/C10H16O2/c1-2-3-4-5-6-7-8-9-10(11)12-9/h8H,2-7H2,1H3. The number of unbranched alkanes of at least 4 members (excludes halogenated alkanes) is 5. The van der Waals surface area contributed by atoms with Crippen molar-refractivity contribution < 1.29 is 9.53 Å². The minimum atomic E-state index is -0.136. The molecule has 0 radical (unpaired) electrons. The number of allylic oxidation sites excluding steroid dienone is 1. The zero-order valence-corrected chi connectivity index (χ0v) is 7.64. The second-order valence-corrected chi connectivity index (χ2v) is 3.16. The van der Waals surface area contributed by atoms with Crippen LogP contribution in [0.3, 0.4) is 0 Å². The highest BCUT2D eigenvalue weighted by molar-refractivity contribution is 6.00. The molecular weight excluding hydrogens is 152 g/mol. The van der Waals surface area contributed by atoms with Crippen LogP contribution in [0.4, 0.5) is 0 Å². The molecule has 0 bridgehead atoms. The molecule has 0 aromatic carbocycles. The third-order valence-electron chi connectivity index (χ3n) is 2.00. The van der Waals surface area contributed by atoms with Crippen LogP contribution in [0.5, 0.6) is 0 Å². The maximum Gasteiger partial charge on any atom is 0.379 e. The second kappa shape index (κ2) is 4.96. The fraction of sp³-hybridized carbons (Fsp3) is 0.700. The van der Waals surface area contributed by atoms with Crippen LogP contribution in [0.25, 0.3) is 0 Å². The molecule has 0 aliphatic carbocycles. The molecule has 0 saturated carbocycles. The molecule has 1 fully saturated rings. The Hall–Kier alpha value is -0.790. The zero-order chi connectivity index (χ0) is 8.81. The lowest BCUT2D eigenvalue weighted by Gasteiger charge is -1.94. The van der Waals surface area contributed by atoms with Gasteiger partial charge in [0.15, 0.2) is 0 Å². The largest absolute Gasteiger partial charge is 0.413 e. The van der Waals surface area contributed by atoms with Gasteiger partial charge in [0.2, 0.25) is 5.76 Å². The summed E-state index contributed by atoms with van der Waals surface area (Å²) in [7, 11) is 0.